The number of carbonyl (C=O) groups excluding carboxylic acids is 1. The van der Waals surface area contributed by atoms with Crippen LogP contribution in [0.5, 0.6) is 5.75 Å². The highest BCUT2D eigenvalue weighted by atomic mass is 16.5. The maximum Gasteiger partial charge on any atom is 0.257 e. The zero-order valence-corrected chi connectivity index (χ0v) is 11.3. The van der Waals surface area contributed by atoms with Crippen LogP contribution in [-0.2, 0) is 0 Å². The summed E-state index contributed by atoms with van der Waals surface area (Å²) in [6, 6.07) is 5.79. The molecule has 1 saturated heterocycles. The molecular formula is C15H19NO3. The van der Waals surface area contributed by atoms with Crippen LogP contribution in [0, 0.1) is 5.92 Å². The number of amides is 1. The normalized spacial score (nSPS) is 25.7. The molecular weight excluding hydrogens is 242 g/mol. The van der Waals surface area contributed by atoms with E-state index >= 15 is 0 Å². The lowest BCUT2D eigenvalue weighted by Gasteiger charge is -2.38. The topological polar surface area (TPSA) is 49.8 Å². The predicted octanol–water partition coefficient (Wildman–Crippen LogP) is 1.64. The third kappa shape index (κ3) is 1.91. The molecule has 19 heavy (non-hydrogen) atoms. The second-order valence-corrected chi connectivity index (χ2v) is 5.59. The van der Waals surface area contributed by atoms with Gasteiger partial charge in [0.1, 0.15) is 11.9 Å². The van der Waals surface area contributed by atoms with E-state index in [0.717, 1.165) is 11.3 Å². The van der Waals surface area contributed by atoms with Crippen LogP contribution in [0.4, 0.5) is 0 Å². The van der Waals surface area contributed by atoms with Gasteiger partial charge in [-0.1, -0.05) is 19.1 Å². The number of aliphatic hydroxyl groups is 1. The van der Waals surface area contributed by atoms with Crippen molar-refractivity contribution in [2.75, 3.05) is 19.7 Å². The van der Waals surface area contributed by atoms with Crippen molar-refractivity contribution >= 4 is 5.91 Å². The van der Waals surface area contributed by atoms with Crippen LogP contribution in [0.15, 0.2) is 18.2 Å². The van der Waals surface area contributed by atoms with Gasteiger partial charge < -0.3 is 14.7 Å². The second-order valence-electron chi connectivity index (χ2n) is 5.59. The van der Waals surface area contributed by atoms with E-state index < -0.39 is 0 Å². The van der Waals surface area contributed by atoms with Gasteiger partial charge in [0, 0.05) is 37.1 Å². The van der Waals surface area contributed by atoms with Gasteiger partial charge in [-0.2, -0.15) is 0 Å². The molecule has 0 aliphatic carbocycles. The summed E-state index contributed by atoms with van der Waals surface area (Å²) in [5.74, 6) is 1.33. The molecule has 2 unspecified atom stereocenters. The van der Waals surface area contributed by atoms with Crippen molar-refractivity contribution in [2.24, 2.45) is 5.92 Å². The van der Waals surface area contributed by atoms with E-state index in [1.807, 2.05) is 25.1 Å². The Bertz CT molecular complexity index is 508. The summed E-state index contributed by atoms with van der Waals surface area (Å²) in [6.45, 7) is 5.59. The van der Waals surface area contributed by atoms with Gasteiger partial charge in [0.05, 0.1) is 5.56 Å². The fourth-order valence-electron chi connectivity index (χ4n) is 2.78. The number of aliphatic hydroxyl groups excluding tert-OH is 1. The lowest BCUT2D eigenvalue weighted by atomic mass is 9.95. The monoisotopic (exact) mass is 261 g/mol. The molecule has 1 aromatic carbocycles. The molecule has 0 spiro atoms. The lowest BCUT2D eigenvalue weighted by Crippen LogP contribution is -2.51. The minimum atomic E-state index is 0.0165. The van der Waals surface area contributed by atoms with Crippen LogP contribution in [-0.4, -0.2) is 41.7 Å². The van der Waals surface area contributed by atoms with Crippen LogP contribution >= 0.6 is 0 Å². The third-order valence-electron chi connectivity index (χ3n) is 4.28. The van der Waals surface area contributed by atoms with E-state index in [4.69, 9.17) is 9.84 Å². The highest BCUT2D eigenvalue weighted by Gasteiger charge is 2.35. The Balaban J connectivity index is 1.85. The SMILES string of the molecule is CC1Oc2c(C(=O)N3CC(CO)C3)cccc2C1C. The van der Waals surface area contributed by atoms with Gasteiger partial charge in [-0.15, -0.1) is 0 Å². The minimum absolute atomic E-state index is 0.0165. The van der Waals surface area contributed by atoms with Crippen molar-refractivity contribution in [3.05, 3.63) is 29.3 Å². The zero-order valence-electron chi connectivity index (χ0n) is 11.3. The summed E-state index contributed by atoms with van der Waals surface area (Å²) in [5.41, 5.74) is 1.78. The first-order chi connectivity index (χ1) is 9.11. The van der Waals surface area contributed by atoms with Crippen LogP contribution in [0.3, 0.4) is 0 Å². The highest BCUT2D eigenvalue weighted by molar-refractivity contribution is 5.98. The van der Waals surface area contributed by atoms with Gasteiger partial charge in [0.2, 0.25) is 0 Å². The first kappa shape index (κ1) is 12.5. The Kier molecular flexibility index (Phi) is 2.97. The largest absolute Gasteiger partial charge is 0.489 e. The Morgan fingerprint density at radius 1 is 1.42 bits per heavy atom. The van der Waals surface area contributed by atoms with Crippen LogP contribution in [0.1, 0.15) is 35.7 Å². The van der Waals surface area contributed by atoms with Crippen molar-refractivity contribution < 1.29 is 14.6 Å². The molecule has 0 saturated carbocycles. The van der Waals surface area contributed by atoms with Crippen LogP contribution < -0.4 is 4.74 Å². The first-order valence-electron chi connectivity index (χ1n) is 6.81. The fraction of sp³-hybridized carbons (Fsp3) is 0.533. The van der Waals surface area contributed by atoms with E-state index in [1.165, 1.54) is 0 Å². The summed E-state index contributed by atoms with van der Waals surface area (Å²) >= 11 is 0. The van der Waals surface area contributed by atoms with Crippen molar-refractivity contribution in [3.63, 3.8) is 0 Å². The molecule has 0 aromatic heterocycles. The number of nitrogens with zero attached hydrogens (tertiary/aromatic N) is 1. The van der Waals surface area contributed by atoms with E-state index in [1.54, 1.807) is 4.90 Å². The van der Waals surface area contributed by atoms with Crippen LogP contribution in [0.25, 0.3) is 0 Å². The zero-order chi connectivity index (χ0) is 13.6. The predicted molar refractivity (Wildman–Crippen MR) is 71.4 cm³/mol. The standard InChI is InChI=1S/C15H19NO3/c1-9-10(2)19-14-12(9)4-3-5-13(14)15(18)16-6-11(7-16)8-17/h3-5,9-11,17H,6-8H2,1-2H3. The van der Waals surface area contributed by atoms with E-state index in [9.17, 15) is 4.79 Å². The second kappa shape index (κ2) is 4.53. The van der Waals surface area contributed by atoms with Gasteiger partial charge >= 0.3 is 0 Å². The molecule has 2 heterocycles. The molecule has 2 atom stereocenters. The molecule has 0 radical (unpaired) electrons. The molecule has 1 amide bonds. The van der Waals surface area contributed by atoms with Crippen molar-refractivity contribution in [1.29, 1.82) is 0 Å². The molecule has 3 rings (SSSR count). The number of likely N-dealkylation sites (tertiary alicyclic amines) is 1. The van der Waals surface area contributed by atoms with Crippen LogP contribution in [0.2, 0.25) is 0 Å². The van der Waals surface area contributed by atoms with Gasteiger partial charge in [0.15, 0.2) is 0 Å². The lowest BCUT2D eigenvalue weighted by molar-refractivity contribution is 0.0358. The number of benzene rings is 1. The molecule has 1 aromatic rings. The molecule has 4 heteroatoms. The molecule has 0 bridgehead atoms. The van der Waals surface area contributed by atoms with Crippen molar-refractivity contribution in [2.45, 2.75) is 25.9 Å². The van der Waals surface area contributed by atoms with E-state index in [2.05, 4.69) is 6.92 Å². The number of ether oxygens (including phenoxy) is 1. The number of para-hydroxylation sites is 1. The Labute approximate surface area is 113 Å². The van der Waals surface area contributed by atoms with Gasteiger partial charge in [0.25, 0.3) is 5.91 Å². The number of hydrogen-bond donors (Lipinski definition) is 1. The maximum atomic E-state index is 12.4. The van der Waals surface area contributed by atoms with Gasteiger partial charge in [-0.05, 0) is 13.0 Å². The van der Waals surface area contributed by atoms with Crippen molar-refractivity contribution in [3.8, 4) is 5.75 Å². The summed E-state index contributed by atoms with van der Waals surface area (Å²) < 4.78 is 5.85. The Hall–Kier alpha value is -1.55. The summed E-state index contributed by atoms with van der Waals surface area (Å²) in [6.07, 6.45) is 0.116. The average molecular weight is 261 g/mol. The number of carbonyl (C=O) groups is 1. The number of hydrogen-bond acceptors (Lipinski definition) is 3. The Morgan fingerprint density at radius 2 is 2.16 bits per heavy atom. The Morgan fingerprint density at radius 3 is 2.84 bits per heavy atom. The first-order valence-corrected chi connectivity index (χ1v) is 6.81. The summed E-state index contributed by atoms with van der Waals surface area (Å²) in [4.78, 5) is 14.2. The molecule has 1 fully saturated rings. The quantitative estimate of drug-likeness (QED) is 0.880. The van der Waals surface area contributed by atoms with E-state index in [-0.39, 0.29) is 24.5 Å². The summed E-state index contributed by atoms with van der Waals surface area (Å²) in [5, 5.41) is 9.02. The van der Waals surface area contributed by atoms with E-state index in [0.29, 0.717) is 24.6 Å². The summed E-state index contributed by atoms with van der Waals surface area (Å²) in [7, 11) is 0. The van der Waals surface area contributed by atoms with Gasteiger partial charge in [-0.3, -0.25) is 4.79 Å². The maximum absolute atomic E-state index is 12.4. The van der Waals surface area contributed by atoms with Crippen molar-refractivity contribution in [1.82, 2.24) is 4.90 Å². The van der Waals surface area contributed by atoms with Gasteiger partial charge in [-0.25, -0.2) is 0 Å². The highest BCUT2D eigenvalue weighted by Crippen LogP contribution is 2.40. The minimum Gasteiger partial charge on any atom is -0.489 e. The molecule has 102 valence electrons. The molecule has 2 aliphatic rings. The average Bonchev–Trinajstić information content (AvgIpc) is 2.64. The number of rotatable bonds is 2. The molecule has 4 nitrogen and oxygen atoms in total. The smallest absolute Gasteiger partial charge is 0.257 e. The third-order valence-corrected chi connectivity index (χ3v) is 4.28. The molecule has 2 aliphatic heterocycles. The molecule has 1 N–H and O–H groups in total. The number of fused-ring (bicyclic) bond motifs is 1. The fourth-order valence-corrected chi connectivity index (χ4v) is 2.78.